The van der Waals surface area contributed by atoms with Gasteiger partial charge in [0.2, 0.25) is 11.9 Å². The van der Waals surface area contributed by atoms with Crippen molar-refractivity contribution in [2.24, 2.45) is 5.92 Å². The zero-order valence-corrected chi connectivity index (χ0v) is 17.0. The Morgan fingerprint density at radius 1 is 1.16 bits per heavy atom. The first-order valence-electron chi connectivity index (χ1n) is 10.7. The highest BCUT2D eigenvalue weighted by atomic mass is 16.2. The van der Waals surface area contributed by atoms with Gasteiger partial charge in [0, 0.05) is 48.8 Å². The molecule has 3 aromatic heterocycles. The summed E-state index contributed by atoms with van der Waals surface area (Å²) in [7, 11) is 0. The molecular weight excluding hydrogens is 388 g/mol. The van der Waals surface area contributed by atoms with E-state index in [2.05, 4.69) is 55.6 Å². The smallest absolute Gasteiger partial charge is 0.249 e. The van der Waals surface area contributed by atoms with Gasteiger partial charge in [0.15, 0.2) is 5.65 Å². The molecule has 1 aliphatic heterocycles. The van der Waals surface area contributed by atoms with Crippen LogP contribution >= 0.6 is 0 Å². The Hall–Kier alpha value is -3.74. The molecule has 4 heterocycles. The van der Waals surface area contributed by atoms with Crippen LogP contribution in [0.5, 0.6) is 0 Å². The second-order valence-electron chi connectivity index (χ2n) is 8.27. The average molecular weight is 410 g/mol. The van der Waals surface area contributed by atoms with Gasteiger partial charge in [-0.25, -0.2) is 4.52 Å². The maximum absolute atomic E-state index is 12.1. The van der Waals surface area contributed by atoms with Crippen molar-refractivity contribution in [3.8, 4) is 11.1 Å². The number of pyridine rings is 2. The number of fused-ring (bicyclic) bond motifs is 2. The van der Waals surface area contributed by atoms with Crippen molar-refractivity contribution >= 4 is 23.2 Å². The average Bonchev–Trinajstić information content (AvgIpc) is 3.46. The van der Waals surface area contributed by atoms with Crippen molar-refractivity contribution in [3.05, 3.63) is 72.2 Å². The summed E-state index contributed by atoms with van der Waals surface area (Å²) < 4.78 is 1.73. The molecule has 7 heteroatoms. The fourth-order valence-electron chi connectivity index (χ4n) is 4.23. The molecule has 1 amide bonds. The minimum atomic E-state index is 0.0148. The maximum atomic E-state index is 12.1. The van der Waals surface area contributed by atoms with Crippen LogP contribution in [-0.4, -0.2) is 32.0 Å². The first-order valence-corrected chi connectivity index (χ1v) is 10.7. The topological polar surface area (TPSA) is 75.4 Å². The van der Waals surface area contributed by atoms with Gasteiger partial charge in [-0.15, -0.1) is 5.10 Å². The van der Waals surface area contributed by atoms with Gasteiger partial charge in [0.25, 0.3) is 0 Å². The molecule has 6 rings (SSSR count). The van der Waals surface area contributed by atoms with E-state index in [0.717, 1.165) is 49.1 Å². The Morgan fingerprint density at radius 3 is 2.94 bits per heavy atom. The lowest BCUT2D eigenvalue weighted by Crippen LogP contribution is -2.19. The van der Waals surface area contributed by atoms with E-state index in [0.29, 0.717) is 5.95 Å². The van der Waals surface area contributed by atoms with Gasteiger partial charge < -0.3 is 4.90 Å². The molecule has 0 atom stereocenters. The highest BCUT2D eigenvalue weighted by Gasteiger charge is 2.30. The lowest BCUT2D eigenvalue weighted by molar-refractivity contribution is -0.117. The number of aromatic nitrogens is 4. The zero-order valence-electron chi connectivity index (χ0n) is 17.0. The van der Waals surface area contributed by atoms with Crippen LogP contribution in [0.15, 0.2) is 61.1 Å². The molecule has 1 saturated carbocycles. The minimum Gasteiger partial charge on any atom is -0.367 e. The molecule has 1 aromatic carbocycles. The Bertz CT molecular complexity index is 1280. The van der Waals surface area contributed by atoms with Crippen LogP contribution in [0, 0.1) is 5.92 Å². The number of anilines is 2. The third kappa shape index (κ3) is 3.42. The predicted octanol–water partition coefficient (Wildman–Crippen LogP) is 3.70. The number of benzene rings is 1. The first kappa shape index (κ1) is 18.1. The third-order valence-electron chi connectivity index (χ3n) is 6.03. The Labute approximate surface area is 179 Å². The van der Waals surface area contributed by atoms with Gasteiger partial charge in [-0.05, 0) is 60.2 Å². The number of hydrogen-bond acceptors (Lipinski definition) is 5. The number of rotatable bonds is 5. The first-order chi connectivity index (χ1) is 15.2. The number of nitrogens with one attached hydrogen (secondary N) is 1. The summed E-state index contributed by atoms with van der Waals surface area (Å²) in [5.74, 6) is 0.498. The Morgan fingerprint density at radius 2 is 2.10 bits per heavy atom. The largest absolute Gasteiger partial charge is 0.367 e. The monoisotopic (exact) mass is 410 g/mol. The second kappa shape index (κ2) is 7.19. The molecule has 0 spiro atoms. The SMILES string of the molecule is O=C(Nc1nc2c(-c3ccc4c(c3)N(Cc3cccnc3)CC4)cccn2n1)C1CC1. The highest BCUT2D eigenvalue weighted by molar-refractivity contribution is 5.93. The van der Waals surface area contributed by atoms with Gasteiger partial charge in [0.05, 0.1) is 0 Å². The van der Waals surface area contributed by atoms with Gasteiger partial charge in [-0.1, -0.05) is 18.2 Å². The fourth-order valence-corrected chi connectivity index (χ4v) is 4.23. The molecule has 1 fully saturated rings. The zero-order chi connectivity index (χ0) is 20.8. The fraction of sp³-hybridized carbons (Fsp3) is 0.250. The standard InChI is InChI=1S/C24H22N6O/c31-23(18-6-7-18)27-24-26-22-20(4-2-11-30(22)28-24)19-8-5-17-9-12-29(21(17)13-19)15-16-3-1-10-25-14-16/h1-5,8,10-11,13-14,18H,6-7,9,12,15H2,(H,27,28,31). The Kier molecular flexibility index (Phi) is 4.19. The molecule has 1 N–H and O–H groups in total. The van der Waals surface area contributed by atoms with Crippen LogP contribution in [0.3, 0.4) is 0 Å². The normalized spacial score (nSPS) is 15.3. The number of carbonyl (C=O) groups excluding carboxylic acids is 1. The Balaban J connectivity index is 1.34. The van der Waals surface area contributed by atoms with Crippen molar-refractivity contribution < 1.29 is 4.79 Å². The molecule has 154 valence electrons. The second-order valence-corrected chi connectivity index (χ2v) is 8.27. The number of nitrogens with zero attached hydrogens (tertiary/aromatic N) is 5. The third-order valence-corrected chi connectivity index (χ3v) is 6.03. The lowest BCUT2D eigenvalue weighted by atomic mass is 10.0. The molecule has 0 bridgehead atoms. The van der Waals surface area contributed by atoms with E-state index in [9.17, 15) is 4.79 Å². The minimum absolute atomic E-state index is 0.0148. The molecular formula is C24H22N6O. The lowest BCUT2D eigenvalue weighted by Gasteiger charge is -2.20. The van der Waals surface area contributed by atoms with E-state index in [1.807, 2.05) is 24.5 Å². The van der Waals surface area contributed by atoms with Crippen molar-refractivity contribution in [2.75, 3.05) is 16.8 Å². The van der Waals surface area contributed by atoms with Gasteiger partial charge in [-0.3, -0.25) is 15.1 Å². The summed E-state index contributed by atoms with van der Waals surface area (Å²) >= 11 is 0. The van der Waals surface area contributed by atoms with Crippen LogP contribution in [-0.2, 0) is 17.8 Å². The van der Waals surface area contributed by atoms with Crippen LogP contribution in [0.2, 0.25) is 0 Å². The van der Waals surface area contributed by atoms with Crippen LogP contribution in [0.4, 0.5) is 11.6 Å². The van der Waals surface area contributed by atoms with Crippen molar-refractivity contribution in [1.29, 1.82) is 0 Å². The number of carbonyl (C=O) groups is 1. The predicted molar refractivity (Wildman–Crippen MR) is 119 cm³/mol. The van der Waals surface area contributed by atoms with Crippen LogP contribution in [0.1, 0.15) is 24.0 Å². The van der Waals surface area contributed by atoms with E-state index < -0.39 is 0 Å². The molecule has 7 nitrogen and oxygen atoms in total. The van der Waals surface area contributed by atoms with Crippen LogP contribution in [0.25, 0.3) is 16.8 Å². The summed E-state index contributed by atoms with van der Waals surface area (Å²) in [6.07, 6.45) is 8.55. The van der Waals surface area contributed by atoms with E-state index >= 15 is 0 Å². The van der Waals surface area contributed by atoms with Crippen molar-refractivity contribution in [1.82, 2.24) is 19.6 Å². The summed E-state index contributed by atoms with van der Waals surface area (Å²) in [5, 5.41) is 7.30. The van der Waals surface area contributed by atoms with E-state index in [1.165, 1.54) is 16.8 Å². The molecule has 0 saturated heterocycles. The molecule has 31 heavy (non-hydrogen) atoms. The summed E-state index contributed by atoms with van der Waals surface area (Å²) in [6, 6.07) is 14.7. The maximum Gasteiger partial charge on any atom is 0.249 e. The highest BCUT2D eigenvalue weighted by Crippen LogP contribution is 2.35. The molecule has 0 unspecified atom stereocenters. The van der Waals surface area contributed by atoms with E-state index in [1.54, 1.807) is 10.7 Å². The van der Waals surface area contributed by atoms with Crippen molar-refractivity contribution in [2.45, 2.75) is 25.8 Å². The number of hydrogen-bond donors (Lipinski definition) is 1. The quantitative estimate of drug-likeness (QED) is 0.543. The van der Waals surface area contributed by atoms with Gasteiger partial charge in [-0.2, -0.15) is 4.98 Å². The summed E-state index contributed by atoms with van der Waals surface area (Å²) in [4.78, 5) is 23.4. The van der Waals surface area contributed by atoms with E-state index in [-0.39, 0.29) is 11.8 Å². The van der Waals surface area contributed by atoms with Crippen LogP contribution < -0.4 is 10.2 Å². The van der Waals surface area contributed by atoms with E-state index in [4.69, 9.17) is 0 Å². The molecule has 1 aliphatic carbocycles. The molecule has 4 aromatic rings. The summed E-state index contributed by atoms with van der Waals surface area (Å²) in [5.41, 5.74) is 6.65. The molecule has 2 aliphatic rings. The van der Waals surface area contributed by atoms with Gasteiger partial charge >= 0.3 is 0 Å². The van der Waals surface area contributed by atoms with Gasteiger partial charge in [0.1, 0.15) is 0 Å². The summed E-state index contributed by atoms with van der Waals surface area (Å²) in [6.45, 7) is 1.84. The van der Waals surface area contributed by atoms with Crippen molar-refractivity contribution in [3.63, 3.8) is 0 Å². The number of amides is 1. The molecule has 0 radical (unpaired) electrons.